The molecule has 0 nitrogen and oxygen atoms in total. The molecular weight excluding hydrogens is 392 g/mol. The van der Waals surface area contributed by atoms with Gasteiger partial charge in [0.2, 0.25) is 0 Å². The van der Waals surface area contributed by atoms with E-state index in [1.54, 1.807) is 0 Å². The lowest BCUT2D eigenvalue weighted by atomic mass is 9.84. The molecule has 3 aromatic carbocycles. The van der Waals surface area contributed by atoms with E-state index >= 15 is 0 Å². The van der Waals surface area contributed by atoms with Crippen LogP contribution in [0, 0.1) is 6.92 Å². The standard InChI is InChI=1S/C30H36S/c1-7-9-25(21-24-11-15-26(16-12-24)30(4,5)6)28-20-22(3)10-19-29(28)31-27-17-13-23(8-2)14-18-27/h7,10-20,25H,1,8-9,21H2,2-6H3. The van der Waals surface area contributed by atoms with Crippen LogP contribution in [-0.2, 0) is 18.3 Å². The van der Waals surface area contributed by atoms with Crippen molar-refractivity contribution in [2.24, 2.45) is 0 Å². The molecular formula is C30H36S. The monoisotopic (exact) mass is 428 g/mol. The Kier molecular flexibility index (Phi) is 7.84. The Labute approximate surface area is 193 Å². The van der Waals surface area contributed by atoms with Gasteiger partial charge in [0.25, 0.3) is 0 Å². The Morgan fingerprint density at radius 3 is 2.13 bits per heavy atom. The minimum Gasteiger partial charge on any atom is -0.103 e. The van der Waals surface area contributed by atoms with Crippen LogP contribution < -0.4 is 0 Å². The summed E-state index contributed by atoms with van der Waals surface area (Å²) >= 11 is 1.88. The number of aryl methyl sites for hydroxylation is 2. The molecule has 0 aliphatic rings. The fourth-order valence-corrected chi connectivity index (χ4v) is 4.95. The predicted molar refractivity (Wildman–Crippen MR) is 138 cm³/mol. The third-order valence-electron chi connectivity index (χ3n) is 5.92. The average Bonchev–Trinajstić information content (AvgIpc) is 2.75. The molecule has 0 N–H and O–H groups in total. The SMILES string of the molecule is C=CCC(Cc1ccc(C(C)(C)C)cc1)c1cc(C)ccc1Sc1ccc(CC)cc1. The molecule has 0 aromatic heterocycles. The highest BCUT2D eigenvalue weighted by atomic mass is 32.2. The van der Waals surface area contributed by atoms with E-state index in [0.29, 0.717) is 5.92 Å². The van der Waals surface area contributed by atoms with E-state index in [4.69, 9.17) is 0 Å². The number of benzene rings is 3. The molecule has 1 heteroatoms. The average molecular weight is 429 g/mol. The van der Waals surface area contributed by atoms with Crippen molar-refractivity contribution in [1.29, 1.82) is 0 Å². The zero-order valence-electron chi connectivity index (χ0n) is 19.7. The van der Waals surface area contributed by atoms with Gasteiger partial charge in [0.15, 0.2) is 0 Å². The molecule has 3 aromatic rings. The quantitative estimate of drug-likeness (QED) is 0.323. The van der Waals surface area contributed by atoms with Gasteiger partial charge in [0.1, 0.15) is 0 Å². The molecule has 0 saturated carbocycles. The lowest BCUT2D eigenvalue weighted by molar-refractivity contribution is 0.589. The van der Waals surface area contributed by atoms with Gasteiger partial charge in [-0.25, -0.2) is 0 Å². The number of rotatable bonds is 8. The van der Waals surface area contributed by atoms with Crippen LogP contribution in [0.5, 0.6) is 0 Å². The van der Waals surface area contributed by atoms with Crippen molar-refractivity contribution in [3.8, 4) is 0 Å². The van der Waals surface area contributed by atoms with E-state index in [-0.39, 0.29) is 5.41 Å². The summed E-state index contributed by atoms with van der Waals surface area (Å²) in [6.45, 7) is 15.3. The highest BCUT2D eigenvalue weighted by molar-refractivity contribution is 7.99. The van der Waals surface area contributed by atoms with Crippen molar-refractivity contribution < 1.29 is 0 Å². The summed E-state index contributed by atoms with van der Waals surface area (Å²) in [5.74, 6) is 0.426. The third-order valence-corrected chi connectivity index (χ3v) is 7.02. The Bertz CT molecular complexity index is 988. The van der Waals surface area contributed by atoms with Crippen molar-refractivity contribution in [3.05, 3.63) is 107 Å². The molecule has 1 atom stereocenters. The van der Waals surface area contributed by atoms with Crippen molar-refractivity contribution >= 4 is 11.8 Å². The van der Waals surface area contributed by atoms with Gasteiger partial charge in [-0.05, 0) is 78.0 Å². The molecule has 0 saturated heterocycles. The summed E-state index contributed by atoms with van der Waals surface area (Å²) in [4.78, 5) is 2.65. The van der Waals surface area contributed by atoms with Gasteiger partial charge in [0.05, 0.1) is 0 Å². The zero-order chi connectivity index (χ0) is 22.4. The fraction of sp³-hybridized carbons (Fsp3) is 0.333. The van der Waals surface area contributed by atoms with Gasteiger partial charge < -0.3 is 0 Å². The molecule has 162 valence electrons. The lowest BCUT2D eigenvalue weighted by Crippen LogP contribution is -2.11. The number of hydrogen-bond acceptors (Lipinski definition) is 1. The largest absolute Gasteiger partial charge is 0.103 e. The van der Waals surface area contributed by atoms with Crippen molar-refractivity contribution in [3.63, 3.8) is 0 Å². The Morgan fingerprint density at radius 2 is 1.55 bits per heavy atom. The van der Waals surface area contributed by atoms with Crippen LogP contribution in [0.25, 0.3) is 0 Å². The molecule has 3 rings (SSSR count). The smallest absolute Gasteiger partial charge is 0.0157 e. The topological polar surface area (TPSA) is 0 Å². The normalized spacial score (nSPS) is 12.5. The van der Waals surface area contributed by atoms with Gasteiger partial charge in [-0.3, -0.25) is 0 Å². The minimum absolute atomic E-state index is 0.187. The zero-order valence-corrected chi connectivity index (χ0v) is 20.6. The molecule has 1 unspecified atom stereocenters. The first-order chi connectivity index (χ1) is 14.8. The maximum absolute atomic E-state index is 4.06. The van der Waals surface area contributed by atoms with Crippen LogP contribution in [-0.4, -0.2) is 0 Å². The van der Waals surface area contributed by atoms with E-state index in [0.717, 1.165) is 19.3 Å². The molecule has 0 spiro atoms. The van der Waals surface area contributed by atoms with Crippen LogP contribution in [0.3, 0.4) is 0 Å². The Balaban J connectivity index is 1.89. The number of allylic oxidation sites excluding steroid dienone is 1. The molecule has 0 aliphatic heterocycles. The molecule has 0 amide bonds. The summed E-state index contributed by atoms with van der Waals surface area (Å²) in [7, 11) is 0. The Morgan fingerprint density at radius 1 is 0.903 bits per heavy atom. The highest BCUT2D eigenvalue weighted by Crippen LogP contribution is 2.38. The van der Waals surface area contributed by atoms with Crippen molar-refractivity contribution in [2.45, 2.75) is 75.0 Å². The van der Waals surface area contributed by atoms with Crippen molar-refractivity contribution in [1.82, 2.24) is 0 Å². The van der Waals surface area contributed by atoms with Gasteiger partial charge in [-0.2, -0.15) is 0 Å². The first kappa shape index (κ1) is 23.4. The predicted octanol–water partition coefficient (Wildman–Crippen LogP) is 8.91. The van der Waals surface area contributed by atoms with E-state index in [2.05, 4.69) is 114 Å². The van der Waals surface area contributed by atoms with Crippen LogP contribution in [0.1, 0.15) is 67.9 Å². The second-order valence-corrected chi connectivity index (χ2v) is 10.6. The van der Waals surface area contributed by atoms with Crippen LogP contribution in [0.4, 0.5) is 0 Å². The molecule has 0 heterocycles. The van der Waals surface area contributed by atoms with Crippen LogP contribution >= 0.6 is 11.8 Å². The minimum atomic E-state index is 0.187. The summed E-state index contributed by atoms with van der Waals surface area (Å²) in [6, 6.07) is 25.1. The van der Waals surface area contributed by atoms with Gasteiger partial charge in [-0.1, -0.05) is 99.6 Å². The summed E-state index contributed by atoms with van der Waals surface area (Å²) in [6.07, 6.45) is 5.16. The summed E-state index contributed by atoms with van der Waals surface area (Å²) in [5.41, 5.74) is 7.11. The van der Waals surface area contributed by atoms with Gasteiger partial charge >= 0.3 is 0 Å². The van der Waals surface area contributed by atoms with E-state index in [1.165, 1.54) is 37.6 Å². The summed E-state index contributed by atoms with van der Waals surface area (Å²) in [5, 5.41) is 0. The molecule has 0 bridgehead atoms. The summed E-state index contributed by atoms with van der Waals surface area (Å²) < 4.78 is 0. The van der Waals surface area contributed by atoms with Crippen LogP contribution in [0.2, 0.25) is 0 Å². The molecule has 0 aliphatic carbocycles. The van der Waals surface area contributed by atoms with Crippen molar-refractivity contribution in [2.75, 3.05) is 0 Å². The van der Waals surface area contributed by atoms with Gasteiger partial charge in [-0.15, -0.1) is 6.58 Å². The van der Waals surface area contributed by atoms with Crippen LogP contribution in [0.15, 0.2) is 89.2 Å². The van der Waals surface area contributed by atoms with E-state index in [9.17, 15) is 0 Å². The second-order valence-electron chi connectivity index (χ2n) is 9.51. The number of hydrogen-bond donors (Lipinski definition) is 0. The van der Waals surface area contributed by atoms with E-state index in [1.807, 2.05) is 11.8 Å². The first-order valence-corrected chi connectivity index (χ1v) is 12.2. The maximum atomic E-state index is 4.06. The lowest BCUT2D eigenvalue weighted by Gasteiger charge is -2.22. The van der Waals surface area contributed by atoms with Gasteiger partial charge in [0, 0.05) is 9.79 Å². The molecule has 31 heavy (non-hydrogen) atoms. The third kappa shape index (κ3) is 6.37. The first-order valence-electron chi connectivity index (χ1n) is 11.4. The second kappa shape index (κ2) is 10.4. The Hall–Kier alpha value is -2.25. The molecule has 0 fully saturated rings. The maximum Gasteiger partial charge on any atom is 0.0157 e. The fourth-order valence-electron chi connectivity index (χ4n) is 3.95. The molecule has 0 radical (unpaired) electrons. The highest BCUT2D eigenvalue weighted by Gasteiger charge is 2.18. The van der Waals surface area contributed by atoms with E-state index < -0.39 is 0 Å².